The van der Waals surface area contributed by atoms with Gasteiger partial charge in [-0.3, -0.25) is 9.69 Å². The molecule has 0 atom stereocenters. The number of carbonyl (C=O) groups excluding carboxylic acids is 1. The number of nitrogens with one attached hydrogen (secondary N) is 2. The highest BCUT2D eigenvalue weighted by atomic mass is 16.5. The number of fused-ring (bicyclic) bond motifs is 1. The highest BCUT2D eigenvalue weighted by Gasteiger charge is 2.19. The summed E-state index contributed by atoms with van der Waals surface area (Å²) in [7, 11) is 1.72. The number of para-hydroxylation sites is 1. The van der Waals surface area contributed by atoms with Gasteiger partial charge in [0.05, 0.1) is 23.4 Å². The predicted octanol–water partition coefficient (Wildman–Crippen LogP) is 4.80. The van der Waals surface area contributed by atoms with E-state index in [1.807, 2.05) is 60.7 Å². The van der Waals surface area contributed by atoms with Crippen LogP contribution in [0.1, 0.15) is 5.56 Å². The van der Waals surface area contributed by atoms with Crippen molar-refractivity contribution in [2.24, 2.45) is 0 Å². The lowest BCUT2D eigenvalue weighted by Gasteiger charge is -2.36. The van der Waals surface area contributed by atoms with E-state index in [0.717, 1.165) is 72.7 Å². The molecule has 4 aromatic rings. The third-order valence-electron chi connectivity index (χ3n) is 6.94. The molecule has 2 heterocycles. The minimum atomic E-state index is -0.268. The Labute approximate surface area is 233 Å². The van der Waals surface area contributed by atoms with E-state index in [1.54, 1.807) is 13.3 Å². The Kier molecular flexibility index (Phi) is 8.30. The summed E-state index contributed by atoms with van der Waals surface area (Å²) in [5, 5.41) is 16.9. The number of benzene rings is 3. The number of hydrogen-bond donors (Lipinski definition) is 2. The van der Waals surface area contributed by atoms with E-state index in [0.29, 0.717) is 17.2 Å². The molecule has 0 aliphatic carbocycles. The number of nitriles is 1. The highest BCUT2D eigenvalue weighted by Crippen LogP contribution is 2.31. The molecule has 9 nitrogen and oxygen atoms in total. The Morgan fingerprint density at radius 3 is 2.70 bits per heavy atom. The number of methoxy groups -OCH3 is 1. The molecule has 1 aliphatic heterocycles. The summed E-state index contributed by atoms with van der Waals surface area (Å²) in [5.41, 5.74) is 5.55. The average Bonchev–Trinajstić information content (AvgIpc) is 3.00. The first-order valence-corrected chi connectivity index (χ1v) is 13.1. The number of piperazine rings is 1. The van der Waals surface area contributed by atoms with Crippen molar-refractivity contribution < 1.29 is 9.53 Å². The number of amides is 1. The van der Waals surface area contributed by atoms with E-state index in [2.05, 4.69) is 38.1 Å². The highest BCUT2D eigenvalue weighted by molar-refractivity contribution is 6.00. The summed E-state index contributed by atoms with van der Waals surface area (Å²) in [5.74, 6) is 0.162. The largest absolute Gasteiger partial charge is 0.383 e. The van der Waals surface area contributed by atoms with E-state index in [1.165, 1.54) is 6.08 Å². The third-order valence-corrected chi connectivity index (χ3v) is 6.94. The van der Waals surface area contributed by atoms with E-state index in [4.69, 9.17) is 9.72 Å². The first kappa shape index (κ1) is 26.8. The molecule has 0 radical (unpaired) electrons. The maximum absolute atomic E-state index is 11.8. The Balaban J connectivity index is 1.37. The minimum absolute atomic E-state index is 0.268. The lowest BCUT2D eigenvalue weighted by atomic mass is 10.0. The van der Waals surface area contributed by atoms with Gasteiger partial charge < -0.3 is 20.3 Å². The fourth-order valence-corrected chi connectivity index (χ4v) is 4.85. The zero-order chi connectivity index (χ0) is 27.9. The first-order chi connectivity index (χ1) is 19.6. The van der Waals surface area contributed by atoms with E-state index in [-0.39, 0.29) is 5.91 Å². The van der Waals surface area contributed by atoms with Crippen LogP contribution in [0.5, 0.6) is 0 Å². The quantitative estimate of drug-likeness (QED) is 0.296. The smallest absolute Gasteiger partial charge is 0.247 e. The van der Waals surface area contributed by atoms with E-state index < -0.39 is 0 Å². The lowest BCUT2D eigenvalue weighted by Crippen LogP contribution is -2.47. The normalized spacial score (nSPS) is 13.6. The van der Waals surface area contributed by atoms with E-state index in [9.17, 15) is 10.1 Å². The topological polar surface area (TPSA) is 106 Å². The fraction of sp³-hybridized carbons (Fsp3) is 0.226. The van der Waals surface area contributed by atoms with Crippen LogP contribution in [0.4, 0.5) is 23.0 Å². The number of anilines is 4. The average molecular weight is 534 g/mol. The minimum Gasteiger partial charge on any atom is -0.383 e. The molecule has 3 aromatic carbocycles. The van der Waals surface area contributed by atoms with E-state index >= 15 is 0 Å². The molecular weight excluding hydrogens is 502 g/mol. The number of ether oxygens (including phenoxy) is 1. The van der Waals surface area contributed by atoms with Crippen molar-refractivity contribution in [3.05, 3.63) is 85.1 Å². The Morgan fingerprint density at radius 1 is 1.10 bits per heavy atom. The molecule has 202 valence electrons. The van der Waals surface area contributed by atoms with Gasteiger partial charge in [-0.15, -0.1) is 0 Å². The van der Waals surface area contributed by atoms with Crippen molar-refractivity contribution in [1.29, 1.82) is 5.26 Å². The van der Waals surface area contributed by atoms with Crippen LogP contribution in [0.15, 0.2) is 79.5 Å². The SMILES string of the molecule is C=CC(=O)Nc1cccc(-c2cccc3cnc(Nc4ccc(N5CCN(CCOC)CC5)c(C#N)c4)nc23)c1. The number of nitrogens with zero attached hydrogens (tertiary/aromatic N) is 5. The fourth-order valence-electron chi connectivity index (χ4n) is 4.85. The molecule has 0 spiro atoms. The lowest BCUT2D eigenvalue weighted by molar-refractivity contribution is -0.111. The first-order valence-electron chi connectivity index (χ1n) is 13.1. The summed E-state index contributed by atoms with van der Waals surface area (Å²) in [6, 6.07) is 21.6. The van der Waals surface area contributed by atoms with Crippen LogP contribution in [-0.2, 0) is 9.53 Å². The molecule has 2 N–H and O–H groups in total. The molecule has 1 amide bonds. The summed E-state index contributed by atoms with van der Waals surface area (Å²) >= 11 is 0. The summed E-state index contributed by atoms with van der Waals surface area (Å²) in [6.07, 6.45) is 3.02. The van der Waals surface area contributed by atoms with Crippen LogP contribution >= 0.6 is 0 Å². The molecule has 1 aliphatic rings. The van der Waals surface area contributed by atoms with Gasteiger partial charge in [0.1, 0.15) is 6.07 Å². The van der Waals surface area contributed by atoms with Crippen LogP contribution in [0.3, 0.4) is 0 Å². The van der Waals surface area contributed by atoms with Crippen LogP contribution in [0.2, 0.25) is 0 Å². The zero-order valence-corrected chi connectivity index (χ0v) is 22.4. The maximum Gasteiger partial charge on any atom is 0.247 e. The molecular formula is C31H31N7O2. The summed E-state index contributed by atoms with van der Waals surface area (Å²) in [6.45, 7) is 8.75. The third kappa shape index (κ3) is 6.10. The number of rotatable bonds is 9. The molecule has 40 heavy (non-hydrogen) atoms. The van der Waals surface area contributed by atoms with Gasteiger partial charge in [0, 0.05) is 68.4 Å². The van der Waals surface area contributed by atoms with Crippen molar-refractivity contribution in [1.82, 2.24) is 14.9 Å². The number of hydrogen-bond acceptors (Lipinski definition) is 8. The van der Waals surface area contributed by atoms with Crippen LogP contribution in [-0.4, -0.2) is 67.2 Å². The molecule has 5 rings (SSSR count). The Hall–Kier alpha value is -4.78. The molecule has 1 aromatic heterocycles. The van der Waals surface area contributed by atoms with Crippen molar-refractivity contribution >= 4 is 39.8 Å². The molecule has 0 saturated carbocycles. The van der Waals surface area contributed by atoms with Gasteiger partial charge >= 0.3 is 0 Å². The second-order valence-corrected chi connectivity index (χ2v) is 9.50. The maximum atomic E-state index is 11.8. The van der Waals surface area contributed by atoms with Crippen molar-refractivity contribution in [2.45, 2.75) is 0 Å². The summed E-state index contributed by atoms with van der Waals surface area (Å²) < 4.78 is 5.20. The van der Waals surface area contributed by atoms with Crippen LogP contribution < -0.4 is 15.5 Å². The standard InChI is InChI=1S/C31H31N7O2/c1-3-29(39)34-25-8-4-6-22(18-25)27-9-5-7-23-21-33-31(36-30(23)27)35-26-10-11-28(24(19-26)20-32)38-14-12-37(13-15-38)16-17-40-2/h3-11,18-19,21H,1,12-17H2,2H3,(H,34,39)(H,33,35,36). The van der Waals surface area contributed by atoms with Crippen molar-refractivity contribution in [3.8, 4) is 17.2 Å². The predicted molar refractivity (Wildman–Crippen MR) is 159 cm³/mol. The van der Waals surface area contributed by atoms with Gasteiger partial charge in [-0.2, -0.15) is 5.26 Å². The van der Waals surface area contributed by atoms with Crippen LogP contribution in [0, 0.1) is 11.3 Å². The van der Waals surface area contributed by atoms with Crippen LogP contribution in [0.25, 0.3) is 22.0 Å². The second-order valence-electron chi connectivity index (χ2n) is 9.50. The van der Waals surface area contributed by atoms with Gasteiger partial charge in [-0.1, -0.05) is 36.9 Å². The number of carbonyl (C=O) groups is 1. The van der Waals surface area contributed by atoms with Gasteiger partial charge in [0.2, 0.25) is 11.9 Å². The van der Waals surface area contributed by atoms with Gasteiger partial charge in [-0.25, -0.2) is 9.97 Å². The Bertz CT molecular complexity index is 1570. The molecule has 0 unspecified atom stereocenters. The van der Waals surface area contributed by atoms with Gasteiger partial charge in [-0.05, 0) is 42.0 Å². The zero-order valence-electron chi connectivity index (χ0n) is 22.4. The molecule has 1 saturated heterocycles. The van der Waals surface area contributed by atoms with Crippen molar-refractivity contribution in [2.75, 3.05) is 62.0 Å². The van der Waals surface area contributed by atoms with Crippen molar-refractivity contribution in [3.63, 3.8) is 0 Å². The molecule has 9 heteroatoms. The molecule has 0 bridgehead atoms. The molecule has 1 fully saturated rings. The van der Waals surface area contributed by atoms with Gasteiger partial charge in [0.15, 0.2) is 0 Å². The Morgan fingerprint density at radius 2 is 1.93 bits per heavy atom. The number of aromatic nitrogens is 2. The monoisotopic (exact) mass is 533 g/mol. The summed E-state index contributed by atoms with van der Waals surface area (Å²) in [4.78, 5) is 25.7. The second kappa shape index (κ2) is 12.4. The van der Waals surface area contributed by atoms with Gasteiger partial charge in [0.25, 0.3) is 0 Å².